The van der Waals surface area contributed by atoms with Crippen LogP contribution in [-0.4, -0.2) is 28.0 Å². The van der Waals surface area contributed by atoms with Gasteiger partial charge >= 0.3 is 0 Å². The quantitative estimate of drug-likeness (QED) is 0.291. The lowest BCUT2D eigenvalue weighted by molar-refractivity contribution is 0.168. The smallest absolute Gasteiger partial charge is 0.0783 e. The zero-order valence-corrected chi connectivity index (χ0v) is 16.5. The summed E-state index contributed by atoms with van der Waals surface area (Å²) in [5, 5.41) is 11.1. The fraction of sp³-hybridized carbons (Fsp3) is 0.591. The second-order valence-corrected chi connectivity index (χ2v) is 8.37. The van der Waals surface area contributed by atoms with E-state index in [0.717, 1.165) is 43.3 Å². The van der Waals surface area contributed by atoms with Gasteiger partial charge in [0.2, 0.25) is 0 Å². The van der Waals surface area contributed by atoms with Crippen LogP contribution in [0.25, 0.3) is 0 Å². The van der Waals surface area contributed by atoms with E-state index in [1.165, 1.54) is 17.0 Å². The second-order valence-electron chi connectivity index (χ2n) is 7.33. The highest BCUT2D eigenvalue weighted by atomic mass is 32.2. The van der Waals surface area contributed by atoms with Crippen LogP contribution in [0.2, 0.25) is 0 Å². The molecule has 1 aliphatic carbocycles. The number of thioether (sulfide) groups is 1. The van der Waals surface area contributed by atoms with Crippen LogP contribution >= 0.6 is 11.8 Å². The average Bonchev–Trinajstić information content (AvgIpc) is 3.13. The minimum atomic E-state index is -0.255. The Morgan fingerprint density at radius 2 is 2.16 bits per heavy atom. The molecule has 1 heterocycles. The maximum absolute atomic E-state index is 9.68. The number of allylic oxidation sites excluding steroid dienone is 5. The lowest BCUT2D eigenvalue weighted by atomic mass is 10.1. The molecule has 1 aliphatic heterocycles. The molecule has 2 nitrogen and oxygen atoms in total. The number of aliphatic imine (C=N–C) groups is 1. The third-order valence-electron chi connectivity index (χ3n) is 4.81. The summed E-state index contributed by atoms with van der Waals surface area (Å²) < 4.78 is 0. The van der Waals surface area contributed by atoms with Crippen LogP contribution in [0.1, 0.15) is 52.4 Å². The largest absolute Gasteiger partial charge is 0.393 e. The number of aliphatic hydroxyl groups is 1. The van der Waals surface area contributed by atoms with Crippen molar-refractivity contribution in [1.29, 1.82) is 0 Å². The molecule has 0 aromatic heterocycles. The molecule has 2 aliphatic rings. The number of aliphatic hydroxyl groups excluding tert-OH is 1. The van der Waals surface area contributed by atoms with Crippen molar-refractivity contribution in [2.24, 2.45) is 16.8 Å². The molecule has 0 spiro atoms. The van der Waals surface area contributed by atoms with E-state index in [1.54, 1.807) is 6.08 Å². The first-order chi connectivity index (χ1) is 12.1. The Kier molecular flexibility index (Phi) is 8.77. The van der Waals surface area contributed by atoms with Crippen LogP contribution in [0.4, 0.5) is 0 Å². The molecule has 0 bridgehead atoms. The summed E-state index contributed by atoms with van der Waals surface area (Å²) in [5.41, 5.74) is 1.31. The monoisotopic (exact) mass is 359 g/mol. The molecule has 1 N–H and O–H groups in total. The Bertz CT molecular complexity index is 546. The first-order valence-corrected chi connectivity index (χ1v) is 10.6. The van der Waals surface area contributed by atoms with E-state index in [1.807, 2.05) is 11.8 Å². The van der Waals surface area contributed by atoms with Crippen molar-refractivity contribution in [3.05, 3.63) is 48.6 Å². The van der Waals surface area contributed by atoms with E-state index >= 15 is 0 Å². The predicted molar refractivity (Wildman–Crippen MR) is 112 cm³/mol. The van der Waals surface area contributed by atoms with Gasteiger partial charge in [0.25, 0.3) is 0 Å². The molecule has 0 amide bonds. The summed E-state index contributed by atoms with van der Waals surface area (Å²) in [6, 6.07) is 0.404. The van der Waals surface area contributed by atoms with E-state index in [0.29, 0.717) is 12.5 Å². The van der Waals surface area contributed by atoms with Crippen LogP contribution in [-0.2, 0) is 0 Å². The Morgan fingerprint density at radius 1 is 1.40 bits per heavy atom. The normalized spacial score (nSPS) is 27.9. The molecule has 3 heteroatoms. The van der Waals surface area contributed by atoms with Crippen LogP contribution in [0.3, 0.4) is 0 Å². The average molecular weight is 360 g/mol. The number of nitrogens with zero attached hydrogens (tertiary/aromatic N) is 1. The number of hydrogen-bond donors (Lipinski definition) is 1. The van der Waals surface area contributed by atoms with Crippen molar-refractivity contribution >= 4 is 16.8 Å². The molecule has 1 unspecified atom stereocenters. The zero-order chi connectivity index (χ0) is 18.1. The van der Waals surface area contributed by atoms with Gasteiger partial charge in [-0.05, 0) is 51.4 Å². The summed E-state index contributed by atoms with van der Waals surface area (Å²) in [6.07, 6.45) is 18.5. The molecule has 138 valence electrons. The topological polar surface area (TPSA) is 32.6 Å². The van der Waals surface area contributed by atoms with Crippen molar-refractivity contribution < 1.29 is 5.11 Å². The van der Waals surface area contributed by atoms with Gasteiger partial charge in [0.15, 0.2) is 0 Å². The van der Waals surface area contributed by atoms with E-state index < -0.39 is 0 Å². The molecule has 0 aromatic carbocycles. The minimum Gasteiger partial charge on any atom is -0.393 e. The van der Waals surface area contributed by atoms with Crippen molar-refractivity contribution in [3.63, 3.8) is 0 Å². The van der Waals surface area contributed by atoms with E-state index in [9.17, 15) is 5.11 Å². The fourth-order valence-corrected chi connectivity index (χ4v) is 4.22. The maximum atomic E-state index is 9.68. The molecule has 2 rings (SSSR count). The third kappa shape index (κ3) is 7.79. The Morgan fingerprint density at radius 3 is 2.88 bits per heavy atom. The number of rotatable bonds is 11. The van der Waals surface area contributed by atoms with Gasteiger partial charge in [0.1, 0.15) is 0 Å². The Balaban J connectivity index is 1.57. The SMILES string of the molecule is C=CC[C@H](O)CC/C(C)=C/C=C/CC/C=C\C1CSC([C@@H]2C[C@@H]2C)=N1. The highest BCUT2D eigenvalue weighted by Gasteiger charge is 2.39. The Labute approximate surface area is 157 Å². The van der Waals surface area contributed by atoms with Crippen molar-refractivity contribution in [2.75, 3.05) is 5.75 Å². The molecular formula is C22H33NOS. The fourth-order valence-electron chi connectivity index (χ4n) is 2.94. The molecule has 0 radical (unpaired) electrons. The van der Waals surface area contributed by atoms with E-state index in [2.05, 4.69) is 50.8 Å². The van der Waals surface area contributed by atoms with Crippen LogP contribution in [0, 0.1) is 11.8 Å². The first kappa shape index (κ1) is 20.3. The third-order valence-corrected chi connectivity index (χ3v) is 6.02. The summed E-state index contributed by atoms with van der Waals surface area (Å²) in [6.45, 7) is 8.10. The van der Waals surface area contributed by atoms with Gasteiger partial charge in [0, 0.05) is 11.7 Å². The summed E-state index contributed by atoms with van der Waals surface area (Å²) >= 11 is 1.96. The van der Waals surface area contributed by atoms with Gasteiger partial charge < -0.3 is 5.11 Å². The summed E-state index contributed by atoms with van der Waals surface area (Å²) in [5.74, 6) is 2.77. The molecule has 25 heavy (non-hydrogen) atoms. The zero-order valence-electron chi connectivity index (χ0n) is 15.7. The standard InChI is InChI=1S/C22H33NOS/c1-4-10-20(24)14-13-17(2)11-8-6-5-7-9-12-19-16-25-22(23-19)21-15-18(21)3/h4,6,8-9,11-12,18-21,24H,1,5,7,10,13-16H2,2-3H3/b8-6+,12-9-,17-11+/t18-,19?,20-,21+/m0/s1. The lowest BCUT2D eigenvalue weighted by Gasteiger charge is -2.07. The van der Waals surface area contributed by atoms with E-state index in [-0.39, 0.29) is 6.10 Å². The summed E-state index contributed by atoms with van der Waals surface area (Å²) in [4.78, 5) is 4.84. The highest BCUT2D eigenvalue weighted by Crippen LogP contribution is 2.44. The number of unbranched alkanes of at least 4 members (excludes halogenated alkanes) is 1. The number of hydrogen-bond acceptors (Lipinski definition) is 3. The minimum absolute atomic E-state index is 0.255. The van der Waals surface area contributed by atoms with Crippen molar-refractivity contribution in [2.45, 2.75) is 64.5 Å². The maximum Gasteiger partial charge on any atom is 0.0783 e. The van der Waals surface area contributed by atoms with Gasteiger partial charge in [-0.15, -0.1) is 18.3 Å². The molecule has 0 saturated heterocycles. The Hall–Kier alpha value is -1.06. The predicted octanol–water partition coefficient (Wildman–Crippen LogP) is 5.71. The van der Waals surface area contributed by atoms with Gasteiger partial charge in [-0.3, -0.25) is 4.99 Å². The van der Waals surface area contributed by atoms with Gasteiger partial charge in [-0.1, -0.05) is 49.0 Å². The molecule has 4 atom stereocenters. The van der Waals surface area contributed by atoms with Crippen molar-refractivity contribution in [3.8, 4) is 0 Å². The first-order valence-electron chi connectivity index (χ1n) is 9.58. The van der Waals surface area contributed by atoms with Gasteiger partial charge in [-0.25, -0.2) is 0 Å². The van der Waals surface area contributed by atoms with Gasteiger partial charge in [-0.2, -0.15) is 0 Å². The second kappa shape index (κ2) is 10.8. The summed E-state index contributed by atoms with van der Waals surface area (Å²) in [7, 11) is 0. The van der Waals surface area contributed by atoms with Gasteiger partial charge in [0.05, 0.1) is 17.2 Å². The van der Waals surface area contributed by atoms with Crippen LogP contribution in [0.5, 0.6) is 0 Å². The molecule has 1 saturated carbocycles. The molecule has 1 fully saturated rings. The lowest BCUT2D eigenvalue weighted by Crippen LogP contribution is -2.04. The molecular weight excluding hydrogens is 326 g/mol. The van der Waals surface area contributed by atoms with Crippen LogP contribution in [0.15, 0.2) is 53.6 Å². The van der Waals surface area contributed by atoms with Crippen molar-refractivity contribution in [1.82, 2.24) is 0 Å². The highest BCUT2D eigenvalue weighted by molar-refractivity contribution is 8.14. The molecule has 0 aromatic rings. The van der Waals surface area contributed by atoms with E-state index in [4.69, 9.17) is 4.99 Å². The van der Waals surface area contributed by atoms with Crippen LogP contribution < -0.4 is 0 Å².